The summed E-state index contributed by atoms with van der Waals surface area (Å²) in [5.74, 6) is 0.687. The molecule has 3 aliphatic rings. The van der Waals surface area contributed by atoms with E-state index in [4.69, 9.17) is 39.0 Å². The van der Waals surface area contributed by atoms with E-state index in [1.807, 2.05) is 6.92 Å². The number of nitrogens with zero attached hydrogens (tertiary/aromatic N) is 1. The van der Waals surface area contributed by atoms with Crippen LogP contribution in [0, 0.1) is 5.92 Å². The van der Waals surface area contributed by atoms with Crippen LogP contribution in [0.5, 0.6) is 0 Å². The first-order valence-corrected chi connectivity index (χ1v) is 13.7. The van der Waals surface area contributed by atoms with E-state index in [0.29, 0.717) is 18.4 Å². The Morgan fingerprint density at radius 2 is 2.06 bits per heavy atom. The number of likely N-dealkylation sites (tertiary alicyclic amines) is 1. The summed E-state index contributed by atoms with van der Waals surface area (Å²) < 4.78 is 30.6. The van der Waals surface area contributed by atoms with Gasteiger partial charge in [-0.2, -0.15) is 13.1 Å². The summed E-state index contributed by atoms with van der Waals surface area (Å²) in [7, 11) is -1.79. The van der Waals surface area contributed by atoms with Crippen LogP contribution in [0.2, 0.25) is 0 Å². The molecule has 0 aromatic heterocycles. The summed E-state index contributed by atoms with van der Waals surface area (Å²) in [6.07, 6.45) is 7.94. The number of nitrogens with one attached hydrogen (secondary N) is 1. The first kappa shape index (κ1) is 24.1. The molecular weight excluding hydrogens is 479 g/mol. The summed E-state index contributed by atoms with van der Waals surface area (Å²) in [4.78, 5) is 2.55. The van der Waals surface area contributed by atoms with Crippen molar-refractivity contribution in [1.29, 1.82) is 0 Å². The van der Waals surface area contributed by atoms with E-state index >= 15 is 0 Å². The number of likely N-dealkylation sites (N-methyl/N-ethyl adjacent to an activating group) is 1. The maximum Gasteiger partial charge on any atom is 0.336 e. The number of rotatable bonds is 6. The lowest BCUT2D eigenvalue weighted by Crippen LogP contribution is -2.59. The lowest BCUT2D eigenvalue weighted by atomic mass is 9.52. The molecule has 4 rings (SSSR count). The summed E-state index contributed by atoms with van der Waals surface area (Å²) in [5, 5.41) is 0. The van der Waals surface area contributed by atoms with Crippen molar-refractivity contribution >= 4 is 45.1 Å². The van der Waals surface area contributed by atoms with Crippen molar-refractivity contribution in [2.75, 3.05) is 20.2 Å². The highest BCUT2D eigenvalue weighted by Crippen LogP contribution is 2.55. The van der Waals surface area contributed by atoms with Crippen LogP contribution < -0.4 is 4.72 Å². The van der Waals surface area contributed by atoms with Crippen LogP contribution in [0.1, 0.15) is 68.2 Å². The average Bonchev–Trinajstić information content (AvgIpc) is 2.73. The summed E-state index contributed by atoms with van der Waals surface area (Å²) in [5.41, 5.74) is 4.06. The third-order valence-corrected chi connectivity index (χ3v) is 8.94. The van der Waals surface area contributed by atoms with Gasteiger partial charge in [-0.15, -0.1) is 0 Å². The van der Waals surface area contributed by atoms with Crippen molar-refractivity contribution in [1.82, 2.24) is 9.62 Å². The number of hydrogen-bond donors (Lipinski definition) is 1. The third kappa shape index (κ3) is 4.91. The van der Waals surface area contributed by atoms with Gasteiger partial charge in [-0.05, 0) is 68.3 Å². The average molecular weight is 510 g/mol. The van der Waals surface area contributed by atoms with E-state index < -0.39 is 26.7 Å². The van der Waals surface area contributed by atoms with Crippen molar-refractivity contribution in [3.63, 3.8) is 0 Å². The Kier molecular flexibility index (Phi) is 6.93. The maximum atomic E-state index is 12.4. The van der Waals surface area contributed by atoms with Crippen LogP contribution in [0.3, 0.4) is 0 Å². The Morgan fingerprint density at radius 1 is 1.29 bits per heavy atom. The van der Waals surface area contributed by atoms with Gasteiger partial charge in [0.05, 0.1) is 0 Å². The molecule has 31 heavy (non-hydrogen) atoms. The molecule has 1 unspecified atom stereocenters. The normalized spacial score (nSPS) is 29.8. The molecule has 1 saturated heterocycles. The van der Waals surface area contributed by atoms with Crippen molar-refractivity contribution < 1.29 is 12.6 Å². The number of benzene rings is 1. The van der Waals surface area contributed by atoms with Crippen LogP contribution in [0.15, 0.2) is 18.2 Å². The van der Waals surface area contributed by atoms with Gasteiger partial charge in [-0.3, -0.25) is 4.18 Å². The SMILES string of the molecule is CCC(NS(=O)(=O)OCC(Cl)(Cl)Cl)c1ccc2c(c1)[C@]13CCCC[C@@H]1[C@H](C2)N(C)CC3. The molecule has 0 radical (unpaired) electrons. The molecule has 2 fully saturated rings. The smallest absolute Gasteiger partial charge is 0.303 e. The predicted octanol–water partition coefficient (Wildman–Crippen LogP) is 5.05. The number of halogens is 3. The molecule has 0 spiro atoms. The lowest BCUT2D eigenvalue weighted by Gasteiger charge is -2.58. The van der Waals surface area contributed by atoms with E-state index in [0.717, 1.165) is 18.5 Å². The fourth-order valence-electron chi connectivity index (χ4n) is 6.17. The van der Waals surface area contributed by atoms with E-state index in [1.165, 1.54) is 43.2 Å². The largest absolute Gasteiger partial charge is 0.336 e. The fraction of sp³-hybridized carbons (Fsp3) is 0.727. The lowest BCUT2D eigenvalue weighted by molar-refractivity contribution is 0.00279. The standard InChI is InChI=1S/C22H31Cl3N2O3S/c1-3-19(26-31(28,29)30-14-22(23,24)25)16-8-7-15-13-20-17-6-4-5-9-21(17,18(15)12-16)10-11-27(20)2/h7-8,12,17,19-20,26H,3-6,9-11,13-14H2,1-2H3/t17-,19?,20+,21+/m1/s1. The summed E-state index contributed by atoms with van der Waals surface area (Å²) >= 11 is 16.9. The first-order valence-electron chi connectivity index (χ1n) is 11.1. The molecule has 1 N–H and O–H groups in total. The second-order valence-electron chi connectivity index (χ2n) is 9.34. The van der Waals surface area contributed by atoms with Crippen molar-refractivity contribution in [2.45, 2.75) is 73.2 Å². The molecule has 1 aliphatic heterocycles. The summed E-state index contributed by atoms with van der Waals surface area (Å²) in [6.45, 7) is 2.54. The fourth-order valence-corrected chi connectivity index (χ4v) is 7.58. The van der Waals surface area contributed by atoms with E-state index in [1.54, 1.807) is 0 Å². The highest BCUT2D eigenvalue weighted by Gasteiger charge is 2.53. The Hall–Kier alpha value is -0.0800. The Balaban J connectivity index is 1.63. The number of piperidine rings is 1. The highest BCUT2D eigenvalue weighted by molar-refractivity contribution is 7.84. The molecule has 2 bridgehead atoms. The molecule has 1 heterocycles. The van der Waals surface area contributed by atoms with Gasteiger partial charge in [0.25, 0.3) is 0 Å². The number of fused-ring (bicyclic) bond motifs is 1. The Bertz CT molecular complexity index is 921. The van der Waals surface area contributed by atoms with Gasteiger partial charge in [-0.1, -0.05) is 72.8 Å². The molecule has 174 valence electrons. The minimum Gasteiger partial charge on any atom is -0.303 e. The van der Waals surface area contributed by atoms with Crippen LogP contribution in [0.25, 0.3) is 0 Å². The zero-order valence-electron chi connectivity index (χ0n) is 18.0. The van der Waals surface area contributed by atoms with Gasteiger partial charge in [0.2, 0.25) is 3.79 Å². The zero-order valence-corrected chi connectivity index (χ0v) is 21.1. The second kappa shape index (κ2) is 8.94. The third-order valence-electron chi connectivity index (χ3n) is 7.61. The topological polar surface area (TPSA) is 58.6 Å². The predicted molar refractivity (Wildman–Crippen MR) is 126 cm³/mol. The summed E-state index contributed by atoms with van der Waals surface area (Å²) in [6, 6.07) is 6.75. The van der Waals surface area contributed by atoms with Gasteiger partial charge >= 0.3 is 10.3 Å². The van der Waals surface area contributed by atoms with E-state index in [9.17, 15) is 8.42 Å². The molecular formula is C22H31Cl3N2O3S. The monoisotopic (exact) mass is 508 g/mol. The molecule has 1 aromatic rings. The molecule has 9 heteroatoms. The van der Waals surface area contributed by atoms with Gasteiger partial charge in [0.1, 0.15) is 6.61 Å². The van der Waals surface area contributed by atoms with Crippen LogP contribution in [-0.4, -0.2) is 43.4 Å². The van der Waals surface area contributed by atoms with Gasteiger partial charge in [-0.25, -0.2) is 0 Å². The molecule has 1 saturated carbocycles. The number of alkyl halides is 3. The van der Waals surface area contributed by atoms with Crippen LogP contribution in [-0.2, 0) is 26.3 Å². The van der Waals surface area contributed by atoms with Crippen molar-refractivity contribution in [3.05, 3.63) is 34.9 Å². The van der Waals surface area contributed by atoms with Crippen molar-refractivity contribution in [3.8, 4) is 0 Å². The number of hydrogen-bond acceptors (Lipinski definition) is 4. The molecule has 5 nitrogen and oxygen atoms in total. The van der Waals surface area contributed by atoms with Crippen LogP contribution in [0.4, 0.5) is 0 Å². The Labute approximate surface area is 201 Å². The quantitative estimate of drug-likeness (QED) is 0.545. The minimum absolute atomic E-state index is 0.224. The molecule has 0 amide bonds. The highest BCUT2D eigenvalue weighted by atomic mass is 35.6. The molecule has 4 atom stereocenters. The van der Waals surface area contributed by atoms with Gasteiger partial charge < -0.3 is 4.90 Å². The Morgan fingerprint density at radius 3 is 2.77 bits per heavy atom. The first-order chi connectivity index (χ1) is 14.5. The van der Waals surface area contributed by atoms with E-state index in [-0.39, 0.29) is 5.41 Å². The second-order valence-corrected chi connectivity index (χ2v) is 13.2. The molecule has 1 aromatic carbocycles. The van der Waals surface area contributed by atoms with E-state index in [2.05, 4.69) is 34.9 Å². The zero-order chi connectivity index (χ0) is 22.4. The maximum absolute atomic E-state index is 12.4. The van der Waals surface area contributed by atoms with Gasteiger partial charge in [0.15, 0.2) is 0 Å². The minimum atomic E-state index is -4.05. The molecule has 2 aliphatic carbocycles. The van der Waals surface area contributed by atoms with Crippen LogP contribution >= 0.6 is 34.8 Å². The van der Waals surface area contributed by atoms with Crippen molar-refractivity contribution in [2.24, 2.45) is 5.92 Å². The van der Waals surface area contributed by atoms with Gasteiger partial charge in [0, 0.05) is 17.5 Å².